The van der Waals surface area contributed by atoms with Gasteiger partial charge in [-0.1, -0.05) is 23.7 Å². The van der Waals surface area contributed by atoms with Crippen molar-refractivity contribution in [3.05, 3.63) is 50.9 Å². The van der Waals surface area contributed by atoms with E-state index in [4.69, 9.17) is 11.6 Å². The zero-order chi connectivity index (χ0) is 12.5. The molecule has 1 aromatic heterocycles. The highest BCUT2D eigenvalue weighted by Crippen LogP contribution is 2.27. The first-order valence-corrected chi connectivity index (χ1v) is 6.62. The van der Waals surface area contributed by atoms with Gasteiger partial charge in [-0.2, -0.15) is 0 Å². The minimum Gasteiger partial charge on any atom is -0.385 e. The predicted octanol–water partition coefficient (Wildman–Crippen LogP) is 3.56. The van der Waals surface area contributed by atoms with Crippen LogP contribution in [0.15, 0.2) is 29.6 Å². The van der Waals surface area contributed by atoms with Crippen LogP contribution < -0.4 is 0 Å². The molecule has 0 amide bonds. The maximum absolute atomic E-state index is 10.5. The Morgan fingerprint density at radius 3 is 2.53 bits per heavy atom. The van der Waals surface area contributed by atoms with Gasteiger partial charge in [0.2, 0.25) is 0 Å². The number of hydrogen-bond acceptors (Lipinski definition) is 3. The van der Waals surface area contributed by atoms with E-state index in [1.807, 2.05) is 24.4 Å². The van der Waals surface area contributed by atoms with Gasteiger partial charge in [-0.25, -0.2) is 4.98 Å². The predicted molar refractivity (Wildman–Crippen MR) is 71.6 cm³/mol. The lowest BCUT2D eigenvalue weighted by Crippen LogP contribution is -2.24. The molecule has 2 nitrogen and oxygen atoms in total. The van der Waals surface area contributed by atoms with E-state index in [2.05, 4.69) is 4.98 Å². The quantitative estimate of drug-likeness (QED) is 0.923. The molecule has 1 unspecified atom stereocenters. The number of thiazole rings is 1. The molecule has 90 valence electrons. The van der Waals surface area contributed by atoms with Crippen molar-refractivity contribution in [3.63, 3.8) is 0 Å². The fraction of sp³-hybridized carbons (Fsp3) is 0.308. The van der Waals surface area contributed by atoms with Gasteiger partial charge in [0.15, 0.2) is 0 Å². The highest BCUT2D eigenvalue weighted by atomic mass is 35.5. The van der Waals surface area contributed by atoms with Crippen LogP contribution in [0.25, 0.3) is 0 Å². The highest BCUT2D eigenvalue weighted by molar-refractivity contribution is 7.09. The van der Waals surface area contributed by atoms with Gasteiger partial charge in [-0.15, -0.1) is 11.3 Å². The van der Waals surface area contributed by atoms with Crippen molar-refractivity contribution < 1.29 is 5.11 Å². The molecule has 4 heteroatoms. The molecule has 0 aliphatic rings. The molecule has 0 aliphatic heterocycles. The molecular formula is C13H14ClNOS. The molecule has 0 saturated carbocycles. The van der Waals surface area contributed by atoms with Gasteiger partial charge in [0.05, 0.1) is 10.6 Å². The third-order valence-corrected chi connectivity index (χ3v) is 3.85. The average Bonchev–Trinajstić information content (AvgIpc) is 2.63. The third-order valence-electron chi connectivity index (χ3n) is 2.63. The Labute approximate surface area is 110 Å². The zero-order valence-corrected chi connectivity index (χ0v) is 11.3. The minimum atomic E-state index is -0.908. The van der Waals surface area contributed by atoms with Crippen molar-refractivity contribution in [2.75, 3.05) is 0 Å². The van der Waals surface area contributed by atoms with Crippen LogP contribution in [-0.2, 0) is 12.0 Å². The smallest absolute Gasteiger partial charge is 0.0960 e. The Morgan fingerprint density at radius 2 is 2.00 bits per heavy atom. The van der Waals surface area contributed by atoms with Gasteiger partial charge in [0.25, 0.3) is 0 Å². The minimum absolute atomic E-state index is 0.521. The number of aromatic nitrogens is 1. The number of benzene rings is 1. The van der Waals surface area contributed by atoms with Crippen LogP contribution in [0.2, 0.25) is 5.02 Å². The van der Waals surface area contributed by atoms with Crippen LogP contribution in [0.3, 0.4) is 0 Å². The number of hydrogen-bond donors (Lipinski definition) is 1. The number of nitrogens with zero attached hydrogens (tertiary/aromatic N) is 1. The Kier molecular flexibility index (Phi) is 3.52. The Balaban J connectivity index is 2.21. The molecule has 2 rings (SSSR count). The van der Waals surface area contributed by atoms with Crippen LogP contribution in [0.4, 0.5) is 0 Å². The molecule has 0 radical (unpaired) electrons. The number of aryl methyl sites for hydroxylation is 1. The van der Waals surface area contributed by atoms with Crippen LogP contribution in [-0.4, -0.2) is 10.1 Å². The summed E-state index contributed by atoms with van der Waals surface area (Å²) in [6.07, 6.45) is 0.521. The van der Waals surface area contributed by atoms with Gasteiger partial charge in [-0.05, 0) is 31.5 Å². The van der Waals surface area contributed by atoms with Gasteiger partial charge in [0, 0.05) is 22.5 Å². The molecule has 0 fully saturated rings. The molecule has 17 heavy (non-hydrogen) atoms. The summed E-state index contributed by atoms with van der Waals surface area (Å²) in [5.41, 5.74) is 0.946. The van der Waals surface area contributed by atoms with Crippen molar-refractivity contribution >= 4 is 22.9 Å². The summed E-state index contributed by atoms with van der Waals surface area (Å²) in [7, 11) is 0. The monoisotopic (exact) mass is 267 g/mol. The number of halogens is 1. The Morgan fingerprint density at radius 1 is 1.35 bits per heavy atom. The van der Waals surface area contributed by atoms with Gasteiger partial charge in [-0.3, -0.25) is 0 Å². The standard InChI is InChI=1S/C13H14ClNOS/c1-9-8-17-12(15-9)7-13(2,16)10-3-5-11(14)6-4-10/h3-6,8,16H,7H2,1-2H3. The van der Waals surface area contributed by atoms with Crippen molar-refractivity contribution in [2.24, 2.45) is 0 Å². The lowest BCUT2D eigenvalue weighted by Gasteiger charge is -2.22. The largest absolute Gasteiger partial charge is 0.385 e. The lowest BCUT2D eigenvalue weighted by atomic mass is 9.93. The third kappa shape index (κ3) is 3.06. The first-order chi connectivity index (χ1) is 7.97. The summed E-state index contributed by atoms with van der Waals surface area (Å²) in [4.78, 5) is 4.37. The first kappa shape index (κ1) is 12.6. The van der Waals surface area contributed by atoms with E-state index in [0.717, 1.165) is 16.3 Å². The molecule has 0 bridgehead atoms. The molecule has 1 heterocycles. The Bertz CT molecular complexity index is 504. The van der Waals surface area contributed by atoms with Gasteiger partial charge < -0.3 is 5.11 Å². The second-order valence-corrected chi connectivity index (χ2v) is 5.72. The van der Waals surface area contributed by atoms with E-state index in [1.165, 1.54) is 0 Å². The summed E-state index contributed by atoms with van der Waals surface area (Å²) in [6, 6.07) is 7.28. The van der Waals surface area contributed by atoms with Gasteiger partial charge >= 0.3 is 0 Å². The second-order valence-electron chi connectivity index (χ2n) is 4.34. The van der Waals surface area contributed by atoms with E-state index in [9.17, 15) is 5.11 Å². The average molecular weight is 268 g/mol. The van der Waals surface area contributed by atoms with E-state index in [0.29, 0.717) is 11.4 Å². The first-order valence-electron chi connectivity index (χ1n) is 5.37. The summed E-state index contributed by atoms with van der Waals surface area (Å²) in [6.45, 7) is 3.75. The van der Waals surface area contributed by atoms with Crippen LogP contribution in [0.1, 0.15) is 23.2 Å². The zero-order valence-electron chi connectivity index (χ0n) is 9.77. The molecular weight excluding hydrogens is 254 g/mol. The maximum Gasteiger partial charge on any atom is 0.0960 e. The topological polar surface area (TPSA) is 33.1 Å². The summed E-state index contributed by atoms with van der Waals surface area (Å²) in [5.74, 6) is 0. The van der Waals surface area contributed by atoms with Crippen LogP contribution in [0.5, 0.6) is 0 Å². The van der Waals surface area contributed by atoms with Crippen molar-refractivity contribution in [3.8, 4) is 0 Å². The van der Waals surface area contributed by atoms with Crippen LogP contribution >= 0.6 is 22.9 Å². The summed E-state index contributed by atoms with van der Waals surface area (Å²) >= 11 is 7.41. The van der Waals surface area contributed by atoms with E-state index >= 15 is 0 Å². The van der Waals surface area contributed by atoms with Crippen molar-refractivity contribution in [1.29, 1.82) is 0 Å². The second kappa shape index (κ2) is 4.77. The SMILES string of the molecule is Cc1csc(CC(C)(O)c2ccc(Cl)cc2)n1. The van der Waals surface area contributed by atoms with Gasteiger partial charge in [0.1, 0.15) is 0 Å². The fourth-order valence-corrected chi connectivity index (χ4v) is 2.74. The fourth-order valence-electron chi connectivity index (χ4n) is 1.69. The van der Waals surface area contributed by atoms with Crippen molar-refractivity contribution in [2.45, 2.75) is 25.9 Å². The molecule has 0 spiro atoms. The number of aliphatic hydroxyl groups is 1. The van der Waals surface area contributed by atoms with E-state index in [-0.39, 0.29) is 0 Å². The molecule has 0 saturated heterocycles. The molecule has 2 aromatic rings. The lowest BCUT2D eigenvalue weighted by molar-refractivity contribution is 0.0575. The maximum atomic E-state index is 10.5. The highest BCUT2D eigenvalue weighted by Gasteiger charge is 2.24. The molecule has 1 atom stereocenters. The number of rotatable bonds is 3. The van der Waals surface area contributed by atoms with Crippen LogP contribution in [0, 0.1) is 6.92 Å². The molecule has 1 N–H and O–H groups in total. The van der Waals surface area contributed by atoms with E-state index in [1.54, 1.807) is 30.4 Å². The normalized spacial score (nSPS) is 14.6. The van der Waals surface area contributed by atoms with E-state index < -0.39 is 5.60 Å². The van der Waals surface area contributed by atoms with Crippen molar-refractivity contribution in [1.82, 2.24) is 4.98 Å². The molecule has 1 aromatic carbocycles. The summed E-state index contributed by atoms with van der Waals surface area (Å²) < 4.78 is 0. The summed E-state index contributed by atoms with van der Waals surface area (Å²) in [5, 5.41) is 14.1. The Hall–Kier alpha value is -0.900. The molecule has 0 aliphatic carbocycles.